The number of thiol groups is 1. The Morgan fingerprint density at radius 3 is 1.35 bits per heavy atom. The number of thiophene rings is 3. The van der Waals surface area contributed by atoms with Crippen LogP contribution in [0.3, 0.4) is 0 Å². The van der Waals surface area contributed by atoms with Crippen LogP contribution in [0.1, 0.15) is 16.2 Å². The summed E-state index contributed by atoms with van der Waals surface area (Å²) in [7, 11) is 1.88. The summed E-state index contributed by atoms with van der Waals surface area (Å²) in [5, 5.41) is 34.3. The molecular formula is C51H42B2BrFNO2S4. The van der Waals surface area contributed by atoms with Crippen molar-refractivity contribution in [2.24, 2.45) is 4.30 Å². The molecule has 2 N–H and O–H groups in total. The van der Waals surface area contributed by atoms with E-state index >= 15 is 0 Å². The van der Waals surface area contributed by atoms with Crippen LogP contribution in [0.25, 0.3) is 92.8 Å². The van der Waals surface area contributed by atoms with E-state index in [4.69, 9.17) is 1.37 Å². The molecule has 0 fully saturated rings. The van der Waals surface area contributed by atoms with Crippen molar-refractivity contribution in [1.82, 2.24) is 0 Å². The summed E-state index contributed by atoms with van der Waals surface area (Å²) in [6.07, 6.45) is 0. The van der Waals surface area contributed by atoms with Crippen molar-refractivity contribution in [3.63, 3.8) is 0 Å². The number of alkyl halides is 1. The zero-order chi connectivity index (χ0) is 42.5. The number of rotatable bonds is 1. The maximum atomic E-state index is 9.96. The van der Waals surface area contributed by atoms with Crippen LogP contribution in [0, 0.1) is 0 Å². The normalized spacial score (nSPS) is 10.7. The summed E-state index contributed by atoms with van der Waals surface area (Å²) in [5.74, 6) is 0. The Morgan fingerprint density at radius 2 is 0.855 bits per heavy atom. The molecule has 0 saturated carbocycles. The van der Waals surface area contributed by atoms with Gasteiger partial charge in [0.1, 0.15) is 0 Å². The second-order valence-corrected chi connectivity index (χ2v) is 17.9. The van der Waals surface area contributed by atoms with Crippen molar-refractivity contribution in [2.75, 3.05) is 7.15 Å². The molecule has 62 heavy (non-hydrogen) atoms. The molecule has 12 aromatic rings. The van der Waals surface area contributed by atoms with Crippen molar-refractivity contribution in [3.8, 4) is 0 Å². The van der Waals surface area contributed by atoms with E-state index in [0.717, 1.165) is 16.2 Å². The summed E-state index contributed by atoms with van der Waals surface area (Å²) in [5.41, 5.74) is 0.566. The third-order valence-corrected chi connectivity index (χ3v) is 14.6. The molecule has 3 aromatic heterocycles. The molecule has 12 rings (SSSR count). The molecule has 0 aliphatic rings. The maximum Gasteiger partial charge on any atom is 0.0433 e. The van der Waals surface area contributed by atoms with Crippen molar-refractivity contribution in [2.45, 2.75) is 14.9 Å². The summed E-state index contributed by atoms with van der Waals surface area (Å²) in [6.45, 7) is 0. The van der Waals surface area contributed by atoms with Gasteiger partial charge in [0.2, 0.25) is 0 Å². The van der Waals surface area contributed by atoms with Gasteiger partial charge in [-0.25, -0.2) is 0 Å². The van der Waals surface area contributed by atoms with E-state index < -0.39 is 14.3 Å². The first kappa shape index (κ1) is 45.1. The predicted octanol–water partition coefficient (Wildman–Crippen LogP) is 16.1. The van der Waals surface area contributed by atoms with Gasteiger partial charge in [0, 0.05) is 70.4 Å². The van der Waals surface area contributed by atoms with Crippen molar-refractivity contribution in [3.05, 3.63) is 174 Å². The van der Waals surface area contributed by atoms with E-state index in [1.54, 1.807) is 11.3 Å². The standard InChI is InChI=1S/C16H11BO2S.C16H9BrS.C16H10S.CH3F.2CH4.BHNS/c18-17(19)14-9-13-11-6-3-4-8-15(11)20-16(13)12-7-2-1-5-10(12)14;17-14-9-13-11-6-3-4-8-15(11)18-16(13)12-7-2-1-5-10(12)14;1-2-6-12-11(5-1)9-10-14-13-7-3-4-8-15(13)17-16(12)14;1-2;;;1-2-3/h1-9,18-19H;1-9H;1-10H;1H3;2*1H4;3H/i;;;1D;;;. The summed E-state index contributed by atoms with van der Waals surface area (Å²) in [4.78, 5) is 0. The summed E-state index contributed by atoms with van der Waals surface area (Å²) in [6, 6.07) is 59.2. The minimum Gasteiger partial charge on any atom is -0.135 e. The van der Waals surface area contributed by atoms with E-state index in [0.29, 0.717) is 5.46 Å². The fourth-order valence-electron chi connectivity index (χ4n) is 7.74. The predicted molar refractivity (Wildman–Crippen MR) is 286 cm³/mol. The van der Waals surface area contributed by atoms with Crippen LogP contribution < -0.4 is 5.46 Å². The van der Waals surface area contributed by atoms with Crippen LogP contribution in [-0.4, -0.2) is 32.0 Å². The molecule has 0 aliphatic carbocycles. The van der Waals surface area contributed by atoms with Gasteiger partial charge in [0.15, 0.2) is 0 Å². The largest absolute Gasteiger partial charge is 0.135 e. The van der Waals surface area contributed by atoms with Gasteiger partial charge in [-0.15, -0.1) is 34.0 Å². The van der Waals surface area contributed by atoms with Gasteiger partial charge < -0.3 is 10.0 Å². The van der Waals surface area contributed by atoms with Crippen molar-refractivity contribution < 1.29 is 15.8 Å². The fourth-order valence-corrected chi connectivity index (χ4v) is 12.0. The van der Waals surface area contributed by atoms with Crippen LogP contribution >= 0.6 is 62.8 Å². The monoisotopic (exact) mass is 949 g/mol. The number of nitrogens with zero attached hydrogens (tertiary/aromatic N) is 1. The number of hydrogen-bond acceptors (Lipinski definition) is 7. The number of hydrogen-bond donors (Lipinski definition) is 3. The van der Waals surface area contributed by atoms with E-state index in [2.05, 4.69) is 168 Å². The smallest absolute Gasteiger partial charge is 0.0433 e. The van der Waals surface area contributed by atoms with Gasteiger partial charge in [-0.1, -0.05) is 176 Å². The van der Waals surface area contributed by atoms with Gasteiger partial charge in [0.25, 0.3) is 0 Å². The summed E-state index contributed by atoms with van der Waals surface area (Å²) >= 11 is 12.4. The SMILES string of the molecule is Brc1cc2c3ccccc3sc2c2ccccc12.C.C.OB(O)c1cc2c3ccccc3sc2c2ccccc12.[2H]CF.[B]=NS.c1ccc2c(c1)ccc1c3ccccc3sc21. The average molecular weight is 951 g/mol. The van der Waals surface area contributed by atoms with E-state index in [-0.39, 0.29) is 14.9 Å². The first-order chi connectivity index (χ1) is 29.9. The first-order valence-electron chi connectivity index (χ1n) is 19.4. The minimum absolute atomic E-state index is 0. The molecule has 11 heteroatoms. The molecule has 0 atom stereocenters. The van der Waals surface area contributed by atoms with E-state index in [1.165, 1.54) is 81.1 Å². The zero-order valence-corrected chi connectivity index (χ0v) is 36.7. The van der Waals surface area contributed by atoms with E-state index in [9.17, 15) is 14.4 Å². The Kier molecular flexibility index (Phi) is 15.2. The van der Waals surface area contributed by atoms with Gasteiger partial charge in [-0.2, -0.15) is 0 Å². The third kappa shape index (κ3) is 8.94. The molecule has 1 radical (unpaired) electrons. The molecule has 0 bridgehead atoms. The van der Waals surface area contributed by atoms with Crippen LogP contribution in [-0.2, 0) is 0 Å². The van der Waals surface area contributed by atoms with Crippen molar-refractivity contribution in [1.29, 1.82) is 0 Å². The fraction of sp³-hybridized carbons (Fsp3) is 0.0588. The minimum atomic E-state index is -1.46. The molecule has 3 nitrogen and oxygen atoms in total. The Bertz CT molecular complexity index is 3500. The van der Waals surface area contributed by atoms with Crippen molar-refractivity contribution >= 4 is 176 Å². The number of halogens is 2. The first-order valence-corrected chi connectivity index (χ1v) is 22.4. The number of fused-ring (bicyclic) bond motifs is 15. The zero-order valence-electron chi connectivity index (χ0n) is 32.8. The summed E-state index contributed by atoms with van der Waals surface area (Å²) < 4.78 is 27.3. The molecular weight excluding hydrogens is 907 g/mol. The third-order valence-electron chi connectivity index (χ3n) is 10.3. The van der Waals surface area contributed by atoms with Crippen LogP contribution in [0.5, 0.6) is 0 Å². The maximum absolute atomic E-state index is 9.96. The molecule has 9 aromatic carbocycles. The van der Waals surface area contributed by atoms with Gasteiger partial charge in [-0.05, 0) is 56.7 Å². The number of benzene rings is 9. The molecule has 0 unspecified atom stereocenters. The second-order valence-electron chi connectivity index (χ2n) is 13.6. The Morgan fingerprint density at radius 1 is 0.516 bits per heavy atom. The Balaban J connectivity index is 0.000000146. The molecule has 0 aliphatic heterocycles. The molecule has 307 valence electrons. The topological polar surface area (TPSA) is 52.8 Å². The second kappa shape index (κ2) is 20.9. The van der Waals surface area contributed by atoms with Crippen LogP contribution in [0.2, 0.25) is 0 Å². The molecule has 3 heterocycles. The molecule has 0 amide bonds. The molecule has 0 spiro atoms. The Hall–Kier alpha value is -4.97. The Labute approximate surface area is 389 Å². The van der Waals surface area contributed by atoms with Crippen LogP contribution in [0.4, 0.5) is 4.39 Å². The quantitative estimate of drug-likeness (QED) is 0.113. The van der Waals surface area contributed by atoms with Gasteiger partial charge >= 0.3 is 31.9 Å². The average Bonchev–Trinajstić information content (AvgIpc) is 3.99. The van der Waals surface area contributed by atoms with Gasteiger partial charge in [0.05, 0.1) is 8.52 Å². The van der Waals surface area contributed by atoms with E-state index in [1.807, 2.05) is 65.1 Å². The molecule has 0 saturated heterocycles. The van der Waals surface area contributed by atoms with Crippen LogP contribution in [0.15, 0.2) is 179 Å². The van der Waals surface area contributed by atoms with Gasteiger partial charge in [-0.3, -0.25) is 4.39 Å².